The number of unbranched alkanes of at least 4 members (excludes halogenated alkanes) is 2. The lowest BCUT2D eigenvalue weighted by molar-refractivity contribution is -0.245. The Morgan fingerprint density at radius 2 is 1.56 bits per heavy atom. The summed E-state index contributed by atoms with van der Waals surface area (Å²) in [7, 11) is 0. The number of hydrogen-bond donors (Lipinski definition) is 4. The van der Waals surface area contributed by atoms with Gasteiger partial charge >= 0.3 is 0 Å². The fourth-order valence-corrected chi connectivity index (χ4v) is 6.92. The average Bonchev–Trinajstić information content (AvgIpc) is 3.68. The van der Waals surface area contributed by atoms with Gasteiger partial charge in [0.15, 0.2) is 6.29 Å². The number of rotatable bonds is 16. The standard InChI is InChI=1S/C39H42N6O6S/c46-25-27-17-19-29(20-18-27)35-23-34(26-52-39-41-43-44-45(39)33-13-3-1-4-14-33)50-38(51-35)32-12-8-11-31(22-32)30-10-7-9-28(21-30)24-40-36(47)15-5-2-6-16-37(48)42-49/h1,3-4,7-14,17-22,34-35,38,46,49H,2,5-6,15-16,23-26H2,(H,40,47)(H,42,48). The zero-order chi connectivity index (χ0) is 36.1. The van der Waals surface area contributed by atoms with Crippen molar-refractivity contribution in [2.75, 3.05) is 5.75 Å². The third-order valence-corrected chi connectivity index (χ3v) is 9.85. The van der Waals surface area contributed by atoms with Crippen LogP contribution in [0.1, 0.15) is 73.2 Å². The van der Waals surface area contributed by atoms with E-state index in [0.717, 1.165) is 45.5 Å². The van der Waals surface area contributed by atoms with Crippen molar-refractivity contribution >= 4 is 23.6 Å². The first kappa shape index (κ1) is 36.9. The van der Waals surface area contributed by atoms with E-state index in [2.05, 4.69) is 33.0 Å². The molecular weight excluding hydrogens is 681 g/mol. The number of hydroxylamine groups is 1. The molecule has 0 aliphatic carbocycles. The van der Waals surface area contributed by atoms with Crippen LogP contribution >= 0.6 is 11.8 Å². The quantitative estimate of drug-likeness (QED) is 0.0398. The number of thioether (sulfide) groups is 1. The minimum absolute atomic E-state index is 0.0254. The molecule has 1 aliphatic heterocycles. The summed E-state index contributed by atoms with van der Waals surface area (Å²) in [5.74, 6) is 0.143. The van der Waals surface area contributed by atoms with Crippen LogP contribution in [0.15, 0.2) is 108 Å². The third kappa shape index (κ3) is 10.1. The van der Waals surface area contributed by atoms with Crippen LogP contribution < -0.4 is 10.8 Å². The van der Waals surface area contributed by atoms with Gasteiger partial charge in [0.05, 0.1) is 24.5 Å². The van der Waals surface area contributed by atoms with E-state index >= 15 is 0 Å². The summed E-state index contributed by atoms with van der Waals surface area (Å²) in [6.07, 6.45) is 2.21. The smallest absolute Gasteiger partial charge is 0.243 e. The van der Waals surface area contributed by atoms with Crippen LogP contribution in [0, 0.1) is 0 Å². The van der Waals surface area contributed by atoms with E-state index in [9.17, 15) is 14.7 Å². The number of benzene rings is 4. The molecule has 3 unspecified atom stereocenters. The molecule has 0 spiro atoms. The Labute approximate surface area is 306 Å². The number of para-hydroxylation sites is 1. The Bertz CT molecular complexity index is 1910. The van der Waals surface area contributed by atoms with Gasteiger partial charge in [-0.05, 0) is 75.4 Å². The van der Waals surface area contributed by atoms with Gasteiger partial charge in [-0.1, -0.05) is 97.0 Å². The number of carbonyl (C=O) groups excluding carboxylic acids is 2. The normalized spacial score (nSPS) is 17.1. The molecule has 13 heteroatoms. The summed E-state index contributed by atoms with van der Waals surface area (Å²) < 4.78 is 15.0. The van der Waals surface area contributed by atoms with Crippen LogP contribution in [0.4, 0.5) is 0 Å². The van der Waals surface area contributed by atoms with Crippen molar-refractivity contribution in [2.45, 2.75) is 75.3 Å². The van der Waals surface area contributed by atoms with Gasteiger partial charge in [0.25, 0.3) is 0 Å². The summed E-state index contributed by atoms with van der Waals surface area (Å²) >= 11 is 1.53. The maximum absolute atomic E-state index is 12.4. The zero-order valence-corrected chi connectivity index (χ0v) is 29.5. The molecule has 0 radical (unpaired) electrons. The van der Waals surface area contributed by atoms with Crippen molar-refractivity contribution in [1.82, 2.24) is 31.0 Å². The fourth-order valence-electron chi connectivity index (χ4n) is 6.01. The second kappa shape index (κ2) is 18.5. The molecule has 0 saturated carbocycles. The Hall–Kier alpha value is -4.92. The molecule has 52 heavy (non-hydrogen) atoms. The van der Waals surface area contributed by atoms with Crippen molar-refractivity contribution in [3.63, 3.8) is 0 Å². The highest BCUT2D eigenvalue weighted by Gasteiger charge is 2.33. The Kier molecular flexibility index (Phi) is 13.1. The van der Waals surface area contributed by atoms with Crippen LogP contribution in [-0.4, -0.2) is 54.2 Å². The van der Waals surface area contributed by atoms with E-state index < -0.39 is 12.2 Å². The highest BCUT2D eigenvalue weighted by molar-refractivity contribution is 7.99. The second-order valence-corrected chi connectivity index (χ2v) is 13.6. The number of tetrazole rings is 1. The number of hydrogen-bond acceptors (Lipinski definition) is 10. The predicted octanol–water partition coefficient (Wildman–Crippen LogP) is 6.23. The summed E-state index contributed by atoms with van der Waals surface area (Å²) in [4.78, 5) is 23.6. The first-order valence-corrected chi connectivity index (χ1v) is 18.3. The second-order valence-electron chi connectivity index (χ2n) is 12.6. The minimum atomic E-state index is -0.632. The number of nitrogens with one attached hydrogen (secondary N) is 2. The maximum atomic E-state index is 12.4. The first-order chi connectivity index (χ1) is 25.5. The van der Waals surface area contributed by atoms with E-state index in [0.29, 0.717) is 43.1 Å². The van der Waals surface area contributed by atoms with Crippen molar-refractivity contribution in [3.05, 3.63) is 125 Å². The SMILES string of the molecule is O=C(CCCCCC(=O)NCc1cccc(-c2cccc(C3OC(CSc4nnnn4-c4ccccc4)CC(c4ccc(CO)cc4)O3)c2)c1)NO. The molecule has 2 heterocycles. The minimum Gasteiger partial charge on any atom is -0.392 e. The van der Waals surface area contributed by atoms with Crippen molar-refractivity contribution in [1.29, 1.82) is 0 Å². The van der Waals surface area contributed by atoms with E-state index in [-0.39, 0.29) is 31.1 Å². The number of ether oxygens (including phenoxy) is 2. The van der Waals surface area contributed by atoms with E-state index in [4.69, 9.17) is 14.7 Å². The maximum Gasteiger partial charge on any atom is 0.243 e. The number of aliphatic hydroxyl groups is 1. The van der Waals surface area contributed by atoms with Gasteiger partial charge in [0.2, 0.25) is 17.0 Å². The van der Waals surface area contributed by atoms with E-state index in [1.54, 1.807) is 10.2 Å². The van der Waals surface area contributed by atoms with E-state index in [1.165, 1.54) is 11.8 Å². The third-order valence-electron chi connectivity index (χ3n) is 8.80. The molecule has 0 bridgehead atoms. The van der Waals surface area contributed by atoms with Crippen molar-refractivity contribution < 1.29 is 29.4 Å². The number of amides is 2. The van der Waals surface area contributed by atoms with Gasteiger partial charge in [-0.3, -0.25) is 14.8 Å². The number of nitrogens with zero attached hydrogens (tertiary/aromatic N) is 4. The van der Waals surface area contributed by atoms with Gasteiger partial charge < -0.3 is 19.9 Å². The topological polar surface area (TPSA) is 161 Å². The highest BCUT2D eigenvalue weighted by Crippen LogP contribution is 2.40. The lowest BCUT2D eigenvalue weighted by atomic mass is 9.99. The molecule has 6 rings (SSSR count). The van der Waals surface area contributed by atoms with Gasteiger partial charge in [-0.2, -0.15) is 4.68 Å². The van der Waals surface area contributed by atoms with Gasteiger partial charge in [-0.15, -0.1) is 5.10 Å². The largest absolute Gasteiger partial charge is 0.392 e. The molecule has 2 amide bonds. The zero-order valence-electron chi connectivity index (χ0n) is 28.6. The molecule has 12 nitrogen and oxygen atoms in total. The molecule has 270 valence electrons. The van der Waals surface area contributed by atoms with Crippen LogP contribution in [0.2, 0.25) is 0 Å². The molecular formula is C39H42N6O6S. The molecule has 1 saturated heterocycles. The number of carbonyl (C=O) groups is 2. The van der Waals surface area contributed by atoms with Crippen LogP contribution in [0.5, 0.6) is 0 Å². The molecule has 1 fully saturated rings. The van der Waals surface area contributed by atoms with Gasteiger partial charge in [0.1, 0.15) is 0 Å². The number of aromatic nitrogens is 4. The van der Waals surface area contributed by atoms with Crippen LogP contribution in [0.3, 0.4) is 0 Å². The van der Waals surface area contributed by atoms with Crippen molar-refractivity contribution in [2.24, 2.45) is 0 Å². The molecule has 5 aromatic rings. The Morgan fingerprint density at radius 3 is 2.33 bits per heavy atom. The summed E-state index contributed by atoms with van der Waals surface area (Å²) in [5.41, 5.74) is 8.20. The monoisotopic (exact) mass is 722 g/mol. The average molecular weight is 723 g/mol. The Balaban J connectivity index is 1.13. The number of aliphatic hydroxyl groups excluding tert-OH is 1. The molecule has 3 atom stereocenters. The van der Waals surface area contributed by atoms with Gasteiger partial charge in [0, 0.05) is 37.1 Å². The predicted molar refractivity (Wildman–Crippen MR) is 195 cm³/mol. The molecule has 1 aliphatic rings. The lowest BCUT2D eigenvalue weighted by Crippen LogP contribution is -2.31. The molecule has 4 aromatic carbocycles. The molecule has 1 aromatic heterocycles. The van der Waals surface area contributed by atoms with Crippen LogP contribution in [-0.2, 0) is 32.2 Å². The van der Waals surface area contributed by atoms with Crippen molar-refractivity contribution in [3.8, 4) is 16.8 Å². The lowest BCUT2D eigenvalue weighted by Gasteiger charge is -2.36. The molecule has 4 N–H and O–H groups in total. The van der Waals surface area contributed by atoms with Crippen LogP contribution in [0.25, 0.3) is 16.8 Å². The summed E-state index contributed by atoms with van der Waals surface area (Å²) in [6.45, 7) is 0.375. The van der Waals surface area contributed by atoms with Gasteiger partial charge in [-0.25, -0.2) is 5.48 Å². The highest BCUT2D eigenvalue weighted by atomic mass is 32.2. The summed E-state index contributed by atoms with van der Waals surface area (Å²) in [6, 6.07) is 33.8. The first-order valence-electron chi connectivity index (χ1n) is 17.3. The van der Waals surface area contributed by atoms with E-state index in [1.807, 2.05) is 91.0 Å². The Morgan fingerprint density at radius 1 is 0.808 bits per heavy atom. The fraction of sp³-hybridized carbons (Fsp3) is 0.308. The summed E-state index contributed by atoms with van der Waals surface area (Å²) in [5, 5.41) is 34.2.